The SMILES string of the molecule is Cc1cc(OCC2(N)CCCC2)nc(C)n1. The maximum atomic E-state index is 6.21. The molecule has 1 aromatic heterocycles. The molecule has 1 heterocycles. The van der Waals surface area contributed by atoms with Gasteiger partial charge in [-0.05, 0) is 26.7 Å². The van der Waals surface area contributed by atoms with Gasteiger partial charge in [0.1, 0.15) is 12.4 Å². The molecular weight excluding hydrogens is 202 g/mol. The molecule has 4 heteroatoms. The quantitative estimate of drug-likeness (QED) is 0.844. The number of hydrogen-bond acceptors (Lipinski definition) is 4. The highest BCUT2D eigenvalue weighted by atomic mass is 16.5. The fourth-order valence-electron chi connectivity index (χ4n) is 2.20. The lowest BCUT2D eigenvalue weighted by molar-refractivity contribution is 0.212. The van der Waals surface area contributed by atoms with E-state index in [1.807, 2.05) is 19.9 Å². The van der Waals surface area contributed by atoms with E-state index in [2.05, 4.69) is 9.97 Å². The third-order valence-corrected chi connectivity index (χ3v) is 3.05. The summed E-state index contributed by atoms with van der Waals surface area (Å²) in [6, 6.07) is 1.85. The lowest BCUT2D eigenvalue weighted by Gasteiger charge is -2.23. The van der Waals surface area contributed by atoms with E-state index in [1.165, 1.54) is 12.8 Å². The molecule has 0 aromatic carbocycles. The van der Waals surface area contributed by atoms with Gasteiger partial charge in [0.15, 0.2) is 0 Å². The van der Waals surface area contributed by atoms with Gasteiger partial charge in [-0.15, -0.1) is 0 Å². The molecule has 0 atom stereocenters. The Bertz CT molecular complexity index is 352. The second-order valence-corrected chi connectivity index (χ2v) is 4.75. The normalized spacial score (nSPS) is 18.7. The number of nitrogens with zero attached hydrogens (tertiary/aromatic N) is 2. The molecule has 0 saturated heterocycles. The first-order valence-electron chi connectivity index (χ1n) is 5.81. The first-order valence-corrected chi connectivity index (χ1v) is 5.81. The number of rotatable bonds is 3. The van der Waals surface area contributed by atoms with Gasteiger partial charge in [0, 0.05) is 11.8 Å². The van der Waals surface area contributed by atoms with Gasteiger partial charge in [0.05, 0.1) is 5.54 Å². The van der Waals surface area contributed by atoms with Crippen molar-refractivity contribution in [3.63, 3.8) is 0 Å². The monoisotopic (exact) mass is 221 g/mol. The van der Waals surface area contributed by atoms with Crippen LogP contribution in [0.15, 0.2) is 6.07 Å². The van der Waals surface area contributed by atoms with E-state index in [9.17, 15) is 0 Å². The summed E-state index contributed by atoms with van der Waals surface area (Å²) in [5.74, 6) is 1.38. The number of aryl methyl sites for hydroxylation is 2. The first kappa shape index (κ1) is 11.3. The maximum absolute atomic E-state index is 6.21. The van der Waals surface area contributed by atoms with Crippen molar-refractivity contribution >= 4 is 0 Å². The molecule has 1 fully saturated rings. The molecule has 0 unspecified atom stereocenters. The van der Waals surface area contributed by atoms with Gasteiger partial charge in [0.2, 0.25) is 5.88 Å². The summed E-state index contributed by atoms with van der Waals surface area (Å²) < 4.78 is 5.68. The van der Waals surface area contributed by atoms with E-state index in [4.69, 9.17) is 10.5 Å². The highest BCUT2D eigenvalue weighted by molar-refractivity contribution is 5.15. The second-order valence-electron chi connectivity index (χ2n) is 4.75. The van der Waals surface area contributed by atoms with E-state index in [0.717, 1.165) is 24.4 Å². The minimum absolute atomic E-state index is 0.146. The van der Waals surface area contributed by atoms with Crippen molar-refractivity contribution in [1.82, 2.24) is 9.97 Å². The van der Waals surface area contributed by atoms with E-state index < -0.39 is 0 Å². The zero-order chi connectivity index (χ0) is 11.6. The molecule has 0 amide bonds. The van der Waals surface area contributed by atoms with Crippen molar-refractivity contribution < 1.29 is 4.74 Å². The van der Waals surface area contributed by atoms with Crippen LogP contribution in [-0.2, 0) is 0 Å². The predicted molar refractivity (Wildman–Crippen MR) is 62.4 cm³/mol. The van der Waals surface area contributed by atoms with Crippen molar-refractivity contribution in [1.29, 1.82) is 0 Å². The maximum Gasteiger partial charge on any atom is 0.216 e. The van der Waals surface area contributed by atoms with Crippen LogP contribution >= 0.6 is 0 Å². The van der Waals surface area contributed by atoms with Crippen LogP contribution in [0.25, 0.3) is 0 Å². The van der Waals surface area contributed by atoms with Gasteiger partial charge >= 0.3 is 0 Å². The molecule has 0 spiro atoms. The Morgan fingerprint density at radius 2 is 2.00 bits per heavy atom. The van der Waals surface area contributed by atoms with Gasteiger partial charge in [0.25, 0.3) is 0 Å². The molecule has 88 valence electrons. The summed E-state index contributed by atoms with van der Waals surface area (Å²) in [4.78, 5) is 8.45. The molecule has 16 heavy (non-hydrogen) atoms. The van der Waals surface area contributed by atoms with Gasteiger partial charge in [-0.1, -0.05) is 12.8 Å². The second kappa shape index (κ2) is 4.37. The highest BCUT2D eigenvalue weighted by Crippen LogP contribution is 2.27. The Hall–Kier alpha value is -1.16. The molecule has 0 bridgehead atoms. The molecule has 1 aromatic rings. The summed E-state index contributed by atoms with van der Waals surface area (Å²) in [7, 11) is 0. The third-order valence-electron chi connectivity index (χ3n) is 3.05. The van der Waals surface area contributed by atoms with Crippen molar-refractivity contribution in [3.8, 4) is 5.88 Å². The smallest absolute Gasteiger partial charge is 0.216 e. The summed E-state index contributed by atoms with van der Waals surface area (Å²) in [6.45, 7) is 4.37. The van der Waals surface area contributed by atoms with Crippen LogP contribution < -0.4 is 10.5 Å². The Morgan fingerprint density at radius 3 is 2.62 bits per heavy atom. The van der Waals surface area contributed by atoms with Crippen LogP contribution in [0.2, 0.25) is 0 Å². The Morgan fingerprint density at radius 1 is 1.31 bits per heavy atom. The Labute approximate surface area is 96.2 Å². The molecular formula is C12H19N3O. The Kier molecular flexibility index (Phi) is 3.10. The topological polar surface area (TPSA) is 61.0 Å². The lowest BCUT2D eigenvalue weighted by Crippen LogP contribution is -2.42. The molecule has 1 aliphatic rings. The van der Waals surface area contributed by atoms with E-state index in [0.29, 0.717) is 12.5 Å². The van der Waals surface area contributed by atoms with E-state index in [1.54, 1.807) is 0 Å². The van der Waals surface area contributed by atoms with Gasteiger partial charge in [-0.2, -0.15) is 4.98 Å². The molecule has 0 aliphatic heterocycles. The van der Waals surface area contributed by atoms with Crippen LogP contribution in [0.5, 0.6) is 5.88 Å². The average Bonchev–Trinajstić information content (AvgIpc) is 2.62. The zero-order valence-corrected chi connectivity index (χ0v) is 9.99. The number of hydrogen-bond donors (Lipinski definition) is 1. The number of aromatic nitrogens is 2. The standard InChI is InChI=1S/C12H19N3O/c1-9-7-11(15-10(2)14-9)16-8-12(13)5-3-4-6-12/h7H,3-6,8,13H2,1-2H3. The van der Waals surface area contributed by atoms with Gasteiger partial charge < -0.3 is 10.5 Å². The predicted octanol–water partition coefficient (Wildman–Crippen LogP) is 1.74. The third kappa shape index (κ3) is 2.70. The summed E-state index contributed by atoms with van der Waals surface area (Å²) in [6.07, 6.45) is 4.52. The first-order chi connectivity index (χ1) is 7.57. The van der Waals surface area contributed by atoms with Crippen molar-refractivity contribution in [2.75, 3.05) is 6.61 Å². The van der Waals surface area contributed by atoms with Crippen molar-refractivity contribution in [2.24, 2.45) is 5.73 Å². The van der Waals surface area contributed by atoms with Crippen LogP contribution in [0.1, 0.15) is 37.2 Å². The fraction of sp³-hybridized carbons (Fsp3) is 0.667. The minimum atomic E-state index is -0.146. The largest absolute Gasteiger partial charge is 0.476 e. The lowest BCUT2D eigenvalue weighted by atomic mass is 10.0. The van der Waals surface area contributed by atoms with Crippen LogP contribution in [0.4, 0.5) is 0 Å². The highest BCUT2D eigenvalue weighted by Gasteiger charge is 2.30. The molecule has 1 aliphatic carbocycles. The van der Waals surface area contributed by atoms with Crippen molar-refractivity contribution in [2.45, 2.75) is 45.1 Å². The molecule has 2 rings (SSSR count). The van der Waals surface area contributed by atoms with Gasteiger partial charge in [-0.25, -0.2) is 4.98 Å². The zero-order valence-electron chi connectivity index (χ0n) is 9.99. The van der Waals surface area contributed by atoms with Gasteiger partial charge in [-0.3, -0.25) is 0 Å². The Balaban J connectivity index is 1.98. The summed E-state index contributed by atoms with van der Waals surface area (Å²) in [5.41, 5.74) is 7.00. The van der Waals surface area contributed by atoms with Crippen LogP contribution in [0, 0.1) is 13.8 Å². The fourth-order valence-corrected chi connectivity index (χ4v) is 2.20. The van der Waals surface area contributed by atoms with Crippen LogP contribution in [-0.4, -0.2) is 22.1 Å². The summed E-state index contributed by atoms with van der Waals surface area (Å²) in [5, 5.41) is 0. The molecule has 0 radical (unpaired) electrons. The van der Waals surface area contributed by atoms with E-state index >= 15 is 0 Å². The number of ether oxygens (including phenoxy) is 1. The summed E-state index contributed by atoms with van der Waals surface area (Å²) >= 11 is 0. The van der Waals surface area contributed by atoms with E-state index in [-0.39, 0.29) is 5.54 Å². The van der Waals surface area contributed by atoms with Crippen LogP contribution in [0.3, 0.4) is 0 Å². The molecule has 1 saturated carbocycles. The minimum Gasteiger partial charge on any atom is -0.476 e. The molecule has 4 nitrogen and oxygen atoms in total. The van der Waals surface area contributed by atoms with Crippen molar-refractivity contribution in [3.05, 3.63) is 17.6 Å². The number of nitrogens with two attached hydrogens (primary N) is 1. The average molecular weight is 221 g/mol. The molecule has 2 N–H and O–H groups in total.